The second kappa shape index (κ2) is 6.95. The standard InChI is InChI=1S/C14H21NO4S/c1-18-12-6-8-13(9-7-12)19-11-10-15-20(16,17)14-4-2-3-5-14/h6-9,14-15H,2-5,10-11H2,1H3. The van der Waals surface area contributed by atoms with Crippen molar-refractivity contribution in [1.82, 2.24) is 4.72 Å². The summed E-state index contributed by atoms with van der Waals surface area (Å²) in [5.41, 5.74) is 0. The summed E-state index contributed by atoms with van der Waals surface area (Å²) in [6, 6.07) is 7.20. The van der Waals surface area contributed by atoms with Crippen molar-refractivity contribution in [2.24, 2.45) is 0 Å². The van der Waals surface area contributed by atoms with Crippen molar-refractivity contribution in [3.8, 4) is 11.5 Å². The maximum absolute atomic E-state index is 11.9. The normalized spacial score (nSPS) is 16.2. The third kappa shape index (κ3) is 4.11. The van der Waals surface area contributed by atoms with E-state index in [1.54, 1.807) is 31.4 Å². The monoisotopic (exact) mass is 299 g/mol. The number of rotatable bonds is 7. The average Bonchev–Trinajstić information content (AvgIpc) is 2.99. The van der Waals surface area contributed by atoms with Gasteiger partial charge in [-0.15, -0.1) is 0 Å². The third-order valence-corrected chi connectivity index (χ3v) is 5.43. The first kappa shape index (κ1) is 15.1. The Kier molecular flexibility index (Phi) is 5.25. The highest BCUT2D eigenvalue weighted by atomic mass is 32.2. The summed E-state index contributed by atoms with van der Waals surface area (Å²) >= 11 is 0. The van der Waals surface area contributed by atoms with Gasteiger partial charge in [0.1, 0.15) is 18.1 Å². The SMILES string of the molecule is COc1ccc(OCCNS(=O)(=O)C2CCCC2)cc1. The molecule has 2 rings (SSSR count). The molecule has 0 unspecified atom stereocenters. The molecular weight excluding hydrogens is 278 g/mol. The molecule has 0 bridgehead atoms. The van der Waals surface area contributed by atoms with Gasteiger partial charge in [0, 0.05) is 6.54 Å². The summed E-state index contributed by atoms with van der Waals surface area (Å²) in [6.45, 7) is 0.614. The summed E-state index contributed by atoms with van der Waals surface area (Å²) < 4.78 is 37.0. The molecule has 0 atom stereocenters. The van der Waals surface area contributed by atoms with Crippen LogP contribution in [0.3, 0.4) is 0 Å². The van der Waals surface area contributed by atoms with Gasteiger partial charge in [-0.2, -0.15) is 0 Å². The zero-order valence-corrected chi connectivity index (χ0v) is 12.5. The minimum absolute atomic E-state index is 0.219. The topological polar surface area (TPSA) is 64.6 Å². The summed E-state index contributed by atoms with van der Waals surface area (Å²) in [7, 11) is -1.57. The van der Waals surface area contributed by atoms with Crippen LogP contribution >= 0.6 is 0 Å². The lowest BCUT2D eigenvalue weighted by molar-refractivity contribution is 0.321. The number of sulfonamides is 1. The third-order valence-electron chi connectivity index (χ3n) is 3.47. The maximum Gasteiger partial charge on any atom is 0.214 e. The van der Waals surface area contributed by atoms with Gasteiger partial charge < -0.3 is 9.47 Å². The van der Waals surface area contributed by atoms with Crippen LogP contribution in [0, 0.1) is 0 Å². The number of nitrogens with one attached hydrogen (secondary N) is 1. The quantitative estimate of drug-likeness (QED) is 0.781. The molecule has 0 spiro atoms. The van der Waals surface area contributed by atoms with E-state index < -0.39 is 10.0 Å². The second-order valence-electron chi connectivity index (χ2n) is 4.87. The summed E-state index contributed by atoms with van der Waals surface area (Å²) in [5.74, 6) is 1.46. The molecule has 0 aromatic heterocycles. The largest absolute Gasteiger partial charge is 0.497 e. The van der Waals surface area contributed by atoms with E-state index in [1.165, 1.54) is 0 Å². The number of ether oxygens (including phenoxy) is 2. The molecule has 0 saturated heterocycles. The molecule has 0 amide bonds. The first-order valence-corrected chi connectivity index (χ1v) is 8.42. The van der Waals surface area contributed by atoms with Gasteiger partial charge in [-0.3, -0.25) is 0 Å². The molecule has 112 valence electrons. The fraction of sp³-hybridized carbons (Fsp3) is 0.571. The fourth-order valence-electron chi connectivity index (χ4n) is 2.34. The molecule has 1 aliphatic carbocycles. The minimum atomic E-state index is -3.18. The molecule has 5 nitrogen and oxygen atoms in total. The Morgan fingerprint density at radius 2 is 1.75 bits per heavy atom. The van der Waals surface area contributed by atoms with E-state index in [4.69, 9.17) is 9.47 Å². The molecule has 1 fully saturated rings. The highest BCUT2D eigenvalue weighted by Crippen LogP contribution is 2.23. The molecule has 1 aromatic carbocycles. The maximum atomic E-state index is 11.9. The van der Waals surface area contributed by atoms with Crippen molar-refractivity contribution in [1.29, 1.82) is 0 Å². The lowest BCUT2D eigenvalue weighted by atomic mass is 10.3. The van der Waals surface area contributed by atoms with Gasteiger partial charge in [-0.1, -0.05) is 12.8 Å². The van der Waals surface area contributed by atoms with Crippen molar-refractivity contribution in [3.63, 3.8) is 0 Å². The van der Waals surface area contributed by atoms with E-state index in [9.17, 15) is 8.42 Å². The molecule has 0 heterocycles. The van der Waals surface area contributed by atoms with E-state index in [2.05, 4.69) is 4.72 Å². The van der Waals surface area contributed by atoms with Gasteiger partial charge >= 0.3 is 0 Å². The van der Waals surface area contributed by atoms with Gasteiger partial charge in [0.05, 0.1) is 12.4 Å². The molecule has 1 aromatic rings. The van der Waals surface area contributed by atoms with Crippen molar-refractivity contribution >= 4 is 10.0 Å². The Morgan fingerprint density at radius 1 is 1.15 bits per heavy atom. The van der Waals surface area contributed by atoms with E-state index >= 15 is 0 Å². The van der Waals surface area contributed by atoms with Crippen LogP contribution in [-0.2, 0) is 10.0 Å². The predicted octanol–water partition coefficient (Wildman–Crippen LogP) is 1.94. The molecule has 1 aliphatic rings. The van der Waals surface area contributed by atoms with E-state index in [1.807, 2.05) is 0 Å². The number of benzene rings is 1. The molecular formula is C14H21NO4S. The van der Waals surface area contributed by atoms with Crippen LogP contribution in [0.1, 0.15) is 25.7 Å². The molecule has 0 aliphatic heterocycles. The van der Waals surface area contributed by atoms with Crippen molar-refractivity contribution in [2.75, 3.05) is 20.3 Å². The lowest BCUT2D eigenvalue weighted by Crippen LogP contribution is -2.35. The van der Waals surface area contributed by atoms with E-state index in [-0.39, 0.29) is 5.25 Å². The molecule has 1 saturated carbocycles. The Hall–Kier alpha value is -1.27. The minimum Gasteiger partial charge on any atom is -0.497 e. The Bertz CT molecular complexity index is 506. The first-order valence-electron chi connectivity index (χ1n) is 6.87. The summed E-state index contributed by atoms with van der Waals surface area (Å²) in [5, 5.41) is -0.219. The van der Waals surface area contributed by atoms with Gasteiger partial charge in [-0.25, -0.2) is 13.1 Å². The lowest BCUT2D eigenvalue weighted by Gasteiger charge is -2.12. The number of hydrogen-bond acceptors (Lipinski definition) is 4. The highest BCUT2D eigenvalue weighted by Gasteiger charge is 2.27. The number of methoxy groups -OCH3 is 1. The highest BCUT2D eigenvalue weighted by molar-refractivity contribution is 7.90. The predicted molar refractivity (Wildman–Crippen MR) is 77.7 cm³/mol. The van der Waals surface area contributed by atoms with Crippen molar-refractivity contribution in [2.45, 2.75) is 30.9 Å². The summed E-state index contributed by atoms with van der Waals surface area (Å²) in [6.07, 6.45) is 3.56. The second-order valence-corrected chi connectivity index (χ2v) is 6.92. The molecule has 0 radical (unpaired) electrons. The Morgan fingerprint density at radius 3 is 2.35 bits per heavy atom. The molecule has 20 heavy (non-hydrogen) atoms. The van der Waals surface area contributed by atoms with Gasteiger partial charge in [0.25, 0.3) is 0 Å². The smallest absolute Gasteiger partial charge is 0.214 e. The molecule has 1 N–H and O–H groups in total. The van der Waals surface area contributed by atoms with E-state index in [0.717, 1.165) is 31.4 Å². The Balaban J connectivity index is 1.72. The van der Waals surface area contributed by atoms with Crippen LogP contribution in [-0.4, -0.2) is 33.9 Å². The first-order chi connectivity index (χ1) is 9.62. The number of hydrogen-bond donors (Lipinski definition) is 1. The van der Waals surface area contributed by atoms with E-state index in [0.29, 0.717) is 18.9 Å². The van der Waals surface area contributed by atoms with Crippen LogP contribution < -0.4 is 14.2 Å². The van der Waals surface area contributed by atoms with Gasteiger partial charge in [0.15, 0.2) is 0 Å². The van der Waals surface area contributed by atoms with Crippen LogP contribution in [0.15, 0.2) is 24.3 Å². The van der Waals surface area contributed by atoms with Crippen LogP contribution in [0.5, 0.6) is 11.5 Å². The van der Waals surface area contributed by atoms with Crippen LogP contribution in [0.25, 0.3) is 0 Å². The zero-order chi connectivity index (χ0) is 14.4. The Labute approximate surface area is 120 Å². The van der Waals surface area contributed by atoms with Crippen LogP contribution in [0.2, 0.25) is 0 Å². The molecule has 6 heteroatoms. The summed E-state index contributed by atoms with van der Waals surface area (Å²) in [4.78, 5) is 0. The van der Waals surface area contributed by atoms with Gasteiger partial charge in [-0.05, 0) is 37.1 Å². The van der Waals surface area contributed by atoms with Crippen molar-refractivity contribution in [3.05, 3.63) is 24.3 Å². The zero-order valence-electron chi connectivity index (χ0n) is 11.7. The van der Waals surface area contributed by atoms with Crippen LogP contribution in [0.4, 0.5) is 0 Å². The van der Waals surface area contributed by atoms with Gasteiger partial charge in [0.2, 0.25) is 10.0 Å². The van der Waals surface area contributed by atoms with Crippen molar-refractivity contribution < 1.29 is 17.9 Å². The average molecular weight is 299 g/mol. The fourth-order valence-corrected chi connectivity index (χ4v) is 3.90.